The lowest BCUT2D eigenvalue weighted by Gasteiger charge is -2.15. The highest BCUT2D eigenvalue weighted by Gasteiger charge is 2.15. The second-order valence-corrected chi connectivity index (χ2v) is 4.18. The lowest BCUT2D eigenvalue weighted by Crippen LogP contribution is -2.38. The van der Waals surface area contributed by atoms with Crippen LogP contribution in [0, 0.1) is 0 Å². The first-order valence-electron chi connectivity index (χ1n) is 5.21. The number of hydrogen-bond acceptors (Lipinski definition) is 4. The minimum atomic E-state index is -0.207. The Morgan fingerprint density at radius 1 is 1.53 bits per heavy atom. The molecule has 1 amide bonds. The van der Waals surface area contributed by atoms with E-state index in [0.29, 0.717) is 5.56 Å². The first kappa shape index (κ1) is 15.3. The summed E-state index contributed by atoms with van der Waals surface area (Å²) in [5, 5.41) is 0. The van der Waals surface area contributed by atoms with Crippen molar-refractivity contribution in [3.8, 4) is 0 Å². The van der Waals surface area contributed by atoms with Gasteiger partial charge in [-0.05, 0) is 30.1 Å². The van der Waals surface area contributed by atoms with Crippen molar-refractivity contribution >= 4 is 47.3 Å². The van der Waals surface area contributed by atoms with Gasteiger partial charge in [0, 0.05) is 18.9 Å². The summed E-state index contributed by atoms with van der Waals surface area (Å²) in [5.74, 6) is -0.0287. The Bertz CT molecular complexity index is 612. The Morgan fingerprint density at radius 3 is 2.95 bits per heavy atom. The molecule has 102 valence electrons. The topological polar surface area (TPSA) is 87.4 Å². The van der Waals surface area contributed by atoms with Gasteiger partial charge in [0.1, 0.15) is 0 Å². The lowest BCUT2D eigenvalue weighted by atomic mass is 10.2. The maximum atomic E-state index is 12.1. The summed E-state index contributed by atoms with van der Waals surface area (Å²) >= 11 is 1.21. The molecule has 0 radical (unpaired) electrons. The van der Waals surface area contributed by atoms with Crippen LogP contribution in [0.1, 0.15) is 10.4 Å². The number of aromatic amines is 1. The zero-order valence-electron chi connectivity index (χ0n) is 10.5. The summed E-state index contributed by atoms with van der Waals surface area (Å²) in [6, 6.07) is 5.25. The predicted octanol–water partition coefficient (Wildman–Crippen LogP) is 1.65. The van der Waals surface area contributed by atoms with Crippen molar-refractivity contribution in [2.24, 2.45) is 10.1 Å². The van der Waals surface area contributed by atoms with Crippen LogP contribution in [0.5, 0.6) is 0 Å². The number of carbonyl (C=O) groups is 1. The van der Waals surface area contributed by atoms with Gasteiger partial charge in [-0.15, -0.1) is 12.4 Å². The Hall–Kier alpha value is -1.73. The van der Waals surface area contributed by atoms with Gasteiger partial charge in [-0.3, -0.25) is 9.69 Å². The first-order valence-corrected chi connectivity index (χ1v) is 6.39. The maximum Gasteiger partial charge on any atom is 0.260 e. The van der Waals surface area contributed by atoms with Crippen molar-refractivity contribution in [2.45, 2.75) is 0 Å². The van der Waals surface area contributed by atoms with Gasteiger partial charge in [-0.1, -0.05) is 0 Å². The number of fused-ring (bicyclic) bond motifs is 1. The molecule has 0 saturated heterocycles. The van der Waals surface area contributed by atoms with E-state index in [9.17, 15) is 4.79 Å². The third-order valence-corrected chi connectivity index (χ3v) is 2.87. The number of rotatable bonds is 2. The largest absolute Gasteiger partial charge is 0.369 e. The van der Waals surface area contributed by atoms with E-state index >= 15 is 0 Å². The van der Waals surface area contributed by atoms with Crippen LogP contribution < -0.4 is 5.73 Å². The molecule has 0 unspecified atom stereocenters. The normalized spacial score (nSPS) is 11.2. The van der Waals surface area contributed by atoms with E-state index in [1.54, 1.807) is 37.8 Å². The Labute approximate surface area is 121 Å². The molecule has 0 fully saturated rings. The van der Waals surface area contributed by atoms with Gasteiger partial charge < -0.3 is 10.7 Å². The number of carbonyl (C=O) groups excluding carboxylic acids is 1. The average molecular weight is 300 g/mol. The number of hydrogen-bond donors (Lipinski definition) is 2. The molecule has 6 nitrogen and oxygen atoms in total. The van der Waals surface area contributed by atoms with Crippen LogP contribution in [0.4, 0.5) is 0 Å². The van der Waals surface area contributed by atoms with Crippen LogP contribution in [0.15, 0.2) is 28.9 Å². The van der Waals surface area contributed by atoms with Crippen LogP contribution in [0.2, 0.25) is 0 Å². The highest BCUT2D eigenvalue weighted by atomic mass is 35.5. The Kier molecular flexibility index (Phi) is 5.20. The fourth-order valence-corrected chi connectivity index (χ4v) is 1.83. The number of amides is 1. The summed E-state index contributed by atoms with van der Waals surface area (Å²) in [6.07, 6.45) is 3.37. The van der Waals surface area contributed by atoms with Crippen LogP contribution in [0.3, 0.4) is 0 Å². The monoisotopic (exact) mass is 299 g/mol. The number of imidazole rings is 1. The molecule has 0 aliphatic rings. The first-order chi connectivity index (χ1) is 8.63. The van der Waals surface area contributed by atoms with E-state index in [0.717, 1.165) is 11.0 Å². The second-order valence-electron chi connectivity index (χ2n) is 3.63. The number of H-pyrrole nitrogens is 1. The third kappa shape index (κ3) is 3.18. The van der Waals surface area contributed by atoms with E-state index in [2.05, 4.69) is 14.4 Å². The SMILES string of the molecule is CSN=C(N)N(C)C(=O)c1ccc2nc[nH]c2c1.Cl. The van der Waals surface area contributed by atoms with Crippen molar-refractivity contribution in [1.82, 2.24) is 14.9 Å². The highest BCUT2D eigenvalue weighted by Crippen LogP contribution is 2.13. The molecule has 2 rings (SSSR count). The molecule has 19 heavy (non-hydrogen) atoms. The summed E-state index contributed by atoms with van der Waals surface area (Å²) in [7, 11) is 1.59. The van der Waals surface area contributed by atoms with Crippen molar-refractivity contribution in [2.75, 3.05) is 13.3 Å². The van der Waals surface area contributed by atoms with E-state index in [1.807, 2.05) is 0 Å². The van der Waals surface area contributed by atoms with Crippen molar-refractivity contribution in [3.05, 3.63) is 30.1 Å². The van der Waals surface area contributed by atoms with Crippen LogP contribution in [-0.2, 0) is 0 Å². The maximum absolute atomic E-state index is 12.1. The number of nitrogens with one attached hydrogen (secondary N) is 1. The highest BCUT2D eigenvalue weighted by molar-refractivity contribution is 7.97. The summed E-state index contributed by atoms with van der Waals surface area (Å²) < 4.78 is 3.92. The lowest BCUT2D eigenvalue weighted by molar-refractivity contribution is 0.0870. The molecule has 1 heterocycles. The molecule has 0 aliphatic heterocycles. The summed E-state index contributed by atoms with van der Waals surface area (Å²) in [5.41, 5.74) is 7.84. The number of aromatic nitrogens is 2. The van der Waals surface area contributed by atoms with Crippen LogP contribution in [-0.4, -0.2) is 40.0 Å². The minimum absolute atomic E-state index is 0. The van der Waals surface area contributed by atoms with E-state index in [1.165, 1.54) is 16.8 Å². The second kappa shape index (κ2) is 6.44. The molecular weight excluding hydrogens is 286 g/mol. The quantitative estimate of drug-likeness (QED) is 0.501. The van der Waals surface area contributed by atoms with E-state index < -0.39 is 0 Å². The fraction of sp³-hybridized carbons (Fsp3) is 0.182. The van der Waals surface area contributed by atoms with Crippen molar-refractivity contribution in [1.29, 1.82) is 0 Å². The van der Waals surface area contributed by atoms with Gasteiger partial charge in [-0.2, -0.15) is 4.40 Å². The van der Waals surface area contributed by atoms with Gasteiger partial charge >= 0.3 is 0 Å². The van der Waals surface area contributed by atoms with Gasteiger partial charge in [0.25, 0.3) is 5.91 Å². The number of halogens is 1. The van der Waals surface area contributed by atoms with Gasteiger partial charge in [0.05, 0.1) is 17.4 Å². The van der Waals surface area contributed by atoms with Crippen molar-refractivity contribution < 1.29 is 4.79 Å². The number of guanidine groups is 1. The predicted molar refractivity (Wildman–Crippen MR) is 80.6 cm³/mol. The average Bonchev–Trinajstić information content (AvgIpc) is 2.84. The Morgan fingerprint density at radius 2 is 2.26 bits per heavy atom. The molecule has 2 aromatic rings. The molecule has 1 aromatic carbocycles. The molecule has 0 aliphatic carbocycles. The molecule has 0 atom stereocenters. The van der Waals surface area contributed by atoms with Gasteiger partial charge in [0.2, 0.25) is 5.96 Å². The molecule has 0 bridgehead atoms. The molecule has 0 spiro atoms. The van der Waals surface area contributed by atoms with Gasteiger partial charge in [-0.25, -0.2) is 4.98 Å². The number of nitrogens with zero attached hydrogens (tertiary/aromatic N) is 3. The molecule has 3 N–H and O–H groups in total. The molecular formula is C11H14ClN5OS. The minimum Gasteiger partial charge on any atom is -0.369 e. The molecule has 1 aromatic heterocycles. The standard InChI is InChI=1S/C11H13N5OS.ClH/c1-16(11(12)15-18-2)10(17)7-3-4-8-9(5-7)14-6-13-8;/h3-6H,1-2H3,(H2,12,15)(H,13,14);1H. The van der Waals surface area contributed by atoms with E-state index in [-0.39, 0.29) is 24.3 Å². The van der Waals surface area contributed by atoms with Crippen LogP contribution >= 0.6 is 24.4 Å². The zero-order valence-corrected chi connectivity index (χ0v) is 12.1. The smallest absolute Gasteiger partial charge is 0.260 e. The fourth-order valence-electron chi connectivity index (χ4n) is 1.52. The van der Waals surface area contributed by atoms with Crippen molar-refractivity contribution in [3.63, 3.8) is 0 Å². The summed E-state index contributed by atoms with van der Waals surface area (Å²) in [4.78, 5) is 20.5. The number of nitrogens with two attached hydrogens (primary N) is 1. The Balaban J connectivity index is 0.00000180. The molecule has 0 saturated carbocycles. The summed E-state index contributed by atoms with van der Waals surface area (Å²) in [6.45, 7) is 0. The van der Waals surface area contributed by atoms with Gasteiger partial charge in [0.15, 0.2) is 0 Å². The molecule has 8 heteroatoms. The van der Waals surface area contributed by atoms with E-state index in [4.69, 9.17) is 5.73 Å². The number of benzene rings is 1. The zero-order chi connectivity index (χ0) is 13.1. The van der Waals surface area contributed by atoms with Crippen LogP contribution in [0.25, 0.3) is 11.0 Å². The third-order valence-electron chi connectivity index (χ3n) is 2.50.